The fourth-order valence-electron chi connectivity index (χ4n) is 0.480. The van der Waals surface area contributed by atoms with Gasteiger partial charge < -0.3 is 4.79 Å². The van der Waals surface area contributed by atoms with E-state index in [0.717, 1.165) is 6.29 Å². The van der Waals surface area contributed by atoms with Gasteiger partial charge in [0, 0.05) is 0 Å². The molecule has 0 aliphatic heterocycles. The predicted octanol–water partition coefficient (Wildman–Crippen LogP) is -1.05. The summed E-state index contributed by atoms with van der Waals surface area (Å²) in [5.74, 6) is 0.465. The van der Waals surface area contributed by atoms with Gasteiger partial charge in [0.15, 0.2) is 5.82 Å². The van der Waals surface area contributed by atoms with E-state index in [1.54, 1.807) is 7.05 Å². The Morgan fingerprint density at radius 1 is 1.78 bits per heavy atom. The van der Waals surface area contributed by atoms with Crippen LogP contribution in [0.3, 0.4) is 0 Å². The Morgan fingerprint density at radius 2 is 2.56 bits per heavy atom. The van der Waals surface area contributed by atoms with Crippen LogP contribution in [0.25, 0.3) is 0 Å². The second-order valence-electron chi connectivity index (χ2n) is 1.57. The summed E-state index contributed by atoms with van der Waals surface area (Å²) in [7, 11) is 1.65. The fraction of sp³-hybridized carbons (Fsp3) is 0.500. The Hall–Kier alpha value is -1.26. The van der Waals surface area contributed by atoms with E-state index in [4.69, 9.17) is 0 Å². The molecular weight excluding hydrogens is 120 g/mol. The molecule has 0 saturated carbocycles. The average molecular weight is 126 g/mol. The summed E-state index contributed by atoms with van der Waals surface area (Å²) in [6.45, 7) is 0. The van der Waals surface area contributed by atoms with E-state index in [9.17, 15) is 4.79 Å². The predicted molar refractivity (Wildman–Crippen MR) is 28.6 cm³/mol. The first-order chi connectivity index (χ1) is 4.33. The molecule has 0 spiro atoms. The van der Waals surface area contributed by atoms with E-state index in [2.05, 4.69) is 15.4 Å². The number of carbonyl (C=O) groups excluding carboxylic acids is 1. The van der Waals surface area contributed by atoms with Gasteiger partial charge in [0.25, 0.3) is 0 Å². The summed E-state index contributed by atoms with van der Waals surface area (Å²) in [4.78, 5) is 11.2. The Bertz CT molecular complexity index is 206. The molecule has 1 rings (SSSR count). The Morgan fingerprint density at radius 3 is 3.00 bits per heavy atom. The van der Waals surface area contributed by atoms with Crippen molar-refractivity contribution < 1.29 is 4.79 Å². The number of hydrogen-bond acceptors (Lipinski definition) is 4. The smallest absolute Gasteiger partial charge is 0.181 e. The molecular formula is C4H6N4O. The molecule has 0 atom stereocenters. The molecule has 5 nitrogen and oxygen atoms in total. The topological polar surface area (TPSA) is 60.7 Å². The summed E-state index contributed by atoms with van der Waals surface area (Å²) in [5.41, 5.74) is 0. The molecule has 1 heterocycles. The Labute approximate surface area is 51.7 Å². The minimum Gasteiger partial charge on any atom is -0.303 e. The highest BCUT2D eigenvalue weighted by Gasteiger charge is 1.95. The van der Waals surface area contributed by atoms with Crippen LogP contribution in [0.5, 0.6) is 0 Å². The molecule has 0 aliphatic carbocycles. The van der Waals surface area contributed by atoms with Gasteiger partial charge in [-0.2, -0.15) is 4.80 Å². The number of hydrogen-bond donors (Lipinski definition) is 0. The molecule has 5 heteroatoms. The zero-order chi connectivity index (χ0) is 6.69. The maximum Gasteiger partial charge on any atom is 0.181 e. The van der Waals surface area contributed by atoms with Gasteiger partial charge in [-0.3, -0.25) is 0 Å². The van der Waals surface area contributed by atoms with Gasteiger partial charge in [-0.05, 0) is 5.21 Å². The molecule has 1 aromatic rings. The van der Waals surface area contributed by atoms with Crippen LogP contribution in [0.2, 0.25) is 0 Å². The summed E-state index contributed by atoms with van der Waals surface area (Å²) >= 11 is 0. The molecule has 0 amide bonds. The van der Waals surface area contributed by atoms with E-state index in [1.807, 2.05) is 0 Å². The molecule has 0 aliphatic rings. The first-order valence-electron chi connectivity index (χ1n) is 2.49. The average Bonchev–Trinajstić information content (AvgIpc) is 2.17. The highest BCUT2D eigenvalue weighted by molar-refractivity contribution is 5.52. The monoisotopic (exact) mass is 126 g/mol. The highest BCUT2D eigenvalue weighted by atomic mass is 16.1. The van der Waals surface area contributed by atoms with Crippen molar-refractivity contribution in [3.63, 3.8) is 0 Å². The van der Waals surface area contributed by atoms with Crippen molar-refractivity contribution in [1.29, 1.82) is 0 Å². The number of aldehydes is 1. The number of tetrazole rings is 1. The molecule has 1 aromatic heterocycles. The number of carbonyl (C=O) groups is 1. The van der Waals surface area contributed by atoms with E-state index < -0.39 is 0 Å². The molecule has 0 N–H and O–H groups in total. The van der Waals surface area contributed by atoms with E-state index >= 15 is 0 Å². The second-order valence-corrected chi connectivity index (χ2v) is 1.57. The van der Waals surface area contributed by atoms with E-state index in [-0.39, 0.29) is 6.42 Å². The second kappa shape index (κ2) is 2.34. The van der Waals surface area contributed by atoms with Gasteiger partial charge >= 0.3 is 0 Å². The molecule has 48 valence electrons. The lowest BCUT2D eigenvalue weighted by Gasteiger charge is -1.77. The van der Waals surface area contributed by atoms with Crippen molar-refractivity contribution in [2.24, 2.45) is 7.05 Å². The van der Waals surface area contributed by atoms with Crippen molar-refractivity contribution >= 4 is 6.29 Å². The van der Waals surface area contributed by atoms with Crippen molar-refractivity contribution in [3.05, 3.63) is 5.82 Å². The SMILES string of the molecule is Cn1nnc(CC=O)n1. The quantitative estimate of drug-likeness (QED) is 0.474. The molecule has 0 radical (unpaired) electrons. The van der Waals surface area contributed by atoms with Gasteiger partial charge in [-0.25, -0.2) is 0 Å². The molecule has 0 fully saturated rings. The van der Waals surface area contributed by atoms with Crippen molar-refractivity contribution in [3.8, 4) is 0 Å². The number of aromatic nitrogens is 4. The normalized spacial score (nSPS) is 9.44. The van der Waals surface area contributed by atoms with Crippen molar-refractivity contribution in [1.82, 2.24) is 20.2 Å². The van der Waals surface area contributed by atoms with Gasteiger partial charge in [-0.15, -0.1) is 10.2 Å². The summed E-state index contributed by atoms with van der Waals surface area (Å²) < 4.78 is 0. The van der Waals surface area contributed by atoms with Crippen molar-refractivity contribution in [2.75, 3.05) is 0 Å². The molecule has 0 unspecified atom stereocenters. The van der Waals surface area contributed by atoms with Crippen LogP contribution in [0.1, 0.15) is 5.82 Å². The van der Waals surface area contributed by atoms with Gasteiger partial charge in [-0.1, -0.05) is 0 Å². The maximum absolute atomic E-state index is 9.87. The minimum absolute atomic E-state index is 0.244. The number of nitrogens with zero attached hydrogens (tertiary/aromatic N) is 4. The van der Waals surface area contributed by atoms with Crippen LogP contribution >= 0.6 is 0 Å². The third-order valence-electron chi connectivity index (χ3n) is 0.816. The van der Waals surface area contributed by atoms with Crippen LogP contribution < -0.4 is 0 Å². The molecule has 0 saturated heterocycles. The van der Waals surface area contributed by atoms with Gasteiger partial charge in [0.2, 0.25) is 0 Å². The molecule has 0 aromatic carbocycles. The largest absolute Gasteiger partial charge is 0.303 e. The van der Waals surface area contributed by atoms with Crippen LogP contribution in [-0.4, -0.2) is 26.5 Å². The first kappa shape index (κ1) is 5.87. The van der Waals surface area contributed by atoms with Gasteiger partial charge in [0.05, 0.1) is 13.5 Å². The third-order valence-corrected chi connectivity index (χ3v) is 0.816. The Kier molecular flexibility index (Phi) is 1.53. The summed E-state index contributed by atoms with van der Waals surface area (Å²) in [5, 5.41) is 10.9. The number of rotatable bonds is 2. The molecule has 0 bridgehead atoms. The van der Waals surface area contributed by atoms with Crippen LogP contribution in [0.15, 0.2) is 0 Å². The van der Waals surface area contributed by atoms with Gasteiger partial charge in [0.1, 0.15) is 6.29 Å². The fourth-order valence-corrected chi connectivity index (χ4v) is 0.480. The lowest BCUT2D eigenvalue weighted by Crippen LogP contribution is -1.93. The lowest BCUT2D eigenvalue weighted by molar-refractivity contribution is -0.107. The highest BCUT2D eigenvalue weighted by Crippen LogP contribution is 1.81. The van der Waals surface area contributed by atoms with Crippen LogP contribution in [0.4, 0.5) is 0 Å². The lowest BCUT2D eigenvalue weighted by atomic mass is 10.5. The van der Waals surface area contributed by atoms with Crippen molar-refractivity contribution in [2.45, 2.75) is 6.42 Å². The van der Waals surface area contributed by atoms with Crippen LogP contribution in [0, 0.1) is 0 Å². The zero-order valence-electron chi connectivity index (χ0n) is 4.98. The van der Waals surface area contributed by atoms with E-state index in [0.29, 0.717) is 5.82 Å². The maximum atomic E-state index is 9.87. The first-order valence-corrected chi connectivity index (χ1v) is 2.49. The minimum atomic E-state index is 0.244. The zero-order valence-corrected chi connectivity index (χ0v) is 4.98. The number of aryl methyl sites for hydroxylation is 1. The summed E-state index contributed by atoms with van der Waals surface area (Å²) in [6, 6.07) is 0. The standard InChI is InChI=1S/C4H6N4O/c1-8-6-4(2-3-9)5-7-8/h3H,2H2,1H3. The van der Waals surface area contributed by atoms with Crippen LogP contribution in [-0.2, 0) is 18.3 Å². The van der Waals surface area contributed by atoms with E-state index in [1.165, 1.54) is 4.80 Å². The third kappa shape index (κ3) is 1.31. The molecule has 9 heavy (non-hydrogen) atoms. The summed E-state index contributed by atoms with van der Waals surface area (Å²) in [6.07, 6.45) is 0.991. The Balaban J connectivity index is 2.72.